The topological polar surface area (TPSA) is 66.2 Å². The van der Waals surface area contributed by atoms with E-state index in [1.165, 1.54) is 11.3 Å². The number of para-hydroxylation sites is 1. The fourth-order valence-corrected chi connectivity index (χ4v) is 3.64. The molecule has 2 aromatic carbocycles. The Morgan fingerprint density at radius 1 is 1.23 bits per heavy atom. The van der Waals surface area contributed by atoms with Gasteiger partial charge in [-0.1, -0.05) is 41.1 Å². The van der Waals surface area contributed by atoms with E-state index >= 15 is 0 Å². The number of methoxy groups -OCH3 is 1. The molecular formula is C18H12ClN3O3S. The number of thiazole rings is 1. The lowest BCUT2D eigenvalue weighted by molar-refractivity contribution is -0.120. The molecule has 0 saturated heterocycles. The second-order valence-corrected chi connectivity index (χ2v) is 6.55. The minimum absolute atomic E-state index is 0.244. The van der Waals surface area contributed by atoms with Crippen LogP contribution in [0.5, 0.6) is 11.6 Å². The van der Waals surface area contributed by atoms with Crippen LogP contribution < -0.4 is 9.47 Å². The van der Waals surface area contributed by atoms with Gasteiger partial charge in [0.05, 0.1) is 23.0 Å². The maximum absolute atomic E-state index is 10.5. The van der Waals surface area contributed by atoms with Crippen LogP contribution in [0.1, 0.15) is 0 Å². The van der Waals surface area contributed by atoms with Crippen molar-refractivity contribution in [2.24, 2.45) is 0 Å². The van der Waals surface area contributed by atoms with Crippen molar-refractivity contribution in [3.05, 3.63) is 52.9 Å². The Bertz CT molecular complexity index is 1110. The third-order valence-corrected chi connectivity index (χ3v) is 4.92. The Hall–Kier alpha value is -2.90. The van der Waals surface area contributed by atoms with Gasteiger partial charge in [0.1, 0.15) is 11.4 Å². The van der Waals surface area contributed by atoms with E-state index in [-0.39, 0.29) is 5.88 Å². The molecule has 2 heterocycles. The summed E-state index contributed by atoms with van der Waals surface area (Å²) in [7, 11) is 1.58. The predicted molar refractivity (Wildman–Crippen MR) is 100 cm³/mol. The van der Waals surface area contributed by atoms with Crippen molar-refractivity contribution in [2.75, 3.05) is 7.11 Å². The molecule has 0 N–H and O–H groups in total. The summed E-state index contributed by atoms with van der Waals surface area (Å²) in [6.07, 6.45) is 0. The smallest absolute Gasteiger partial charge is 0.299 e. The molecule has 8 heteroatoms. The summed E-state index contributed by atoms with van der Waals surface area (Å²) in [4.78, 5) is 14.8. The van der Waals surface area contributed by atoms with E-state index in [2.05, 4.69) is 4.98 Å². The van der Waals surface area contributed by atoms with Gasteiger partial charge in [0, 0.05) is 10.9 Å². The highest BCUT2D eigenvalue weighted by molar-refractivity contribution is 7.12. The molecule has 0 aliphatic rings. The molecule has 0 radical (unpaired) electrons. The van der Waals surface area contributed by atoms with Gasteiger partial charge in [-0.25, -0.2) is 4.68 Å². The third kappa shape index (κ3) is 2.81. The first kappa shape index (κ1) is 16.6. The Morgan fingerprint density at radius 2 is 2.08 bits per heavy atom. The van der Waals surface area contributed by atoms with Gasteiger partial charge < -0.3 is 9.47 Å². The van der Waals surface area contributed by atoms with E-state index in [0.717, 1.165) is 22.2 Å². The molecule has 2 aromatic heterocycles. The average molecular weight is 386 g/mol. The minimum atomic E-state index is 0.244. The van der Waals surface area contributed by atoms with Crippen LogP contribution in [0.3, 0.4) is 0 Å². The van der Waals surface area contributed by atoms with Crippen molar-refractivity contribution < 1.29 is 14.3 Å². The van der Waals surface area contributed by atoms with Gasteiger partial charge in [0.2, 0.25) is 11.0 Å². The monoisotopic (exact) mass is 385 g/mol. The maximum Gasteiger partial charge on any atom is 0.299 e. The molecule has 4 aromatic rings. The molecule has 4 rings (SSSR count). The zero-order valence-corrected chi connectivity index (χ0v) is 15.1. The first-order valence-corrected chi connectivity index (χ1v) is 8.85. The van der Waals surface area contributed by atoms with Gasteiger partial charge in [0.25, 0.3) is 6.47 Å². The highest BCUT2D eigenvalue weighted by Gasteiger charge is 2.16. The fraction of sp³-hybridized carbons (Fsp3) is 0.0556. The number of halogens is 1. The molecular weight excluding hydrogens is 374 g/mol. The van der Waals surface area contributed by atoms with Crippen LogP contribution in [0, 0.1) is 0 Å². The summed E-state index contributed by atoms with van der Waals surface area (Å²) >= 11 is 7.61. The van der Waals surface area contributed by atoms with E-state index in [1.807, 2.05) is 42.5 Å². The van der Waals surface area contributed by atoms with Crippen LogP contribution in [0.4, 0.5) is 0 Å². The molecule has 0 aliphatic heterocycles. The van der Waals surface area contributed by atoms with E-state index in [9.17, 15) is 4.79 Å². The van der Waals surface area contributed by atoms with Crippen molar-refractivity contribution in [1.29, 1.82) is 0 Å². The van der Waals surface area contributed by atoms with E-state index in [1.54, 1.807) is 17.2 Å². The van der Waals surface area contributed by atoms with Crippen molar-refractivity contribution in [2.45, 2.75) is 0 Å². The Labute approximate surface area is 157 Å². The maximum atomic E-state index is 10.5. The molecule has 0 bridgehead atoms. The summed E-state index contributed by atoms with van der Waals surface area (Å²) in [5, 5.41) is 8.45. The van der Waals surface area contributed by atoms with Crippen molar-refractivity contribution in [3.8, 4) is 28.0 Å². The molecule has 130 valence electrons. The van der Waals surface area contributed by atoms with Gasteiger partial charge in [0.15, 0.2) is 0 Å². The van der Waals surface area contributed by atoms with Crippen LogP contribution in [-0.4, -0.2) is 28.3 Å². The first-order valence-electron chi connectivity index (χ1n) is 7.59. The predicted octanol–water partition coefficient (Wildman–Crippen LogP) is 4.35. The molecule has 6 nitrogen and oxygen atoms in total. The summed E-state index contributed by atoms with van der Waals surface area (Å²) < 4.78 is 11.7. The SMILES string of the molecule is COc1ccc(-c2nn(-c3nc(OC=O)cs3)c3ccccc23)cc1Cl. The van der Waals surface area contributed by atoms with Gasteiger partial charge in [-0.05, 0) is 24.3 Å². The lowest BCUT2D eigenvalue weighted by atomic mass is 10.1. The molecule has 0 aliphatic carbocycles. The molecule has 0 amide bonds. The molecule has 26 heavy (non-hydrogen) atoms. The molecule has 0 atom stereocenters. The number of aromatic nitrogens is 3. The molecule has 0 spiro atoms. The van der Waals surface area contributed by atoms with Gasteiger partial charge in [-0.15, -0.1) is 0 Å². The van der Waals surface area contributed by atoms with E-state index in [4.69, 9.17) is 26.2 Å². The lowest BCUT2D eigenvalue weighted by Gasteiger charge is -2.04. The second-order valence-electron chi connectivity index (χ2n) is 5.31. The summed E-state index contributed by atoms with van der Waals surface area (Å²) in [5.74, 6) is 0.850. The highest BCUT2D eigenvalue weighted by Crippen LogP contribution is 2.35. The zero-order valence-electron chi connectivity index (χ0n) is 13.5. The van der Waals surface area contributed by atoms with Gasteiger partial charge in [-0.3, -0.25) is 4.79 Å². The summed E-state index contributed by atoms with van der Waals surface area (Å²) in [6, 6.07) is 13.4. The number of carbonyl (C=O) groups excluding carboxylic acids is 1. The van der Waals surface area contributed by atoms with Crippen LogP contribution in [-0.2, 0) is 4.79 Å². The average Bonchev–Trinajstić information content (AvgIpc) is 3.26. The van der Waals surface area contributed by atoms with Crippen LogP contribution >= 0.6 is 22.9 Å². The molecule has 0 fully saturated rings. The lowest BCUT2D eigenvalue weighted by Crippen LogP contribution is -1.96. The Morgan fingerprint density at radius 3 is 2.85 bits per heavy atom. The number of benzene rings is 2. The standard InChI is InChI=1S/C18H12ClN3O3S/c1-24-15-7-6-11(8-13(15)19)17-12-4-2-3-5-14(12)22(21-17)18-20-16(9-26-18)25-10-23/h2-10H,1H3. The first-order chi connectivity index (χ1) is 12.7. The Kier molecular flexibility index (Phi) is 4.32. The largest absolute Gasteiger partial charge is 0.495 e. The van der Waals surface area contributed by atoms with Crippen LogP contribution in [0.25, 0.3) is 27.3 Å². The highest BCUT2D eigenvalue weighted by atomic mass is 35.5. The third-order valence-electron chi connectivity index (χ3n) is 3.83. The summed E-state index contributed by atoms with van der Waals surface area (Å²) in [6.45, 7) is 0.352. The van der Waals surface area contributed by atoms with Gasteiger partial charge in [-0.2, -0.15) is 10.1 Å². The number of rotatable bonds is 5. The van der Waals surface area contributed by atoms with Gasteiger partial charge >= 0.3 is 0 Å². The van der Waals surface area contributed by atoms with Crippen LogP contribution in [0.15, 0.2) is 47.8 Å². The van der Waals surface area contributed by atoms with Crippen LogP contribution in [0.2, 0.25) is 5.02 Å². The van der Waals surface area contributed by atoms with Crippen molar-refractivity contribution >= 4 is 40.3 Å². The zero-order chi connectivity index (χ0) is 18.1. The van der Waals surface area contributed by atoms with E-state index in [0.29, 0.717) is 22.4 Å². The number of hydrogen-bond acceptors (Lipinski definition) is 6. The molecule has 0 unspecified atom stereocenters. The number of carbonyl (C=O) groups is 1. The quantitative estimate of drug-likeness (QED) is 0.478. The minimum Gasteiger partial charge on any atom is -0.495 e. The number of hydrogen-bond donors (Lipinski definition) is 0. The number of nitrogens with zero attached hydrogens (tertiary/aromatic N) is 3. The van der Waals surface area contributed by atoms with Crippen molar-refractivity contribution in [1.82, 2.24) is 14.8 Å². The molecule has 0 saturated carbocycles. The fourth-order valence-electron chi connectivity index (χ4n) is 2.69. The van der Waals surface area contributed by atoms with E-state index < -0.39 is 0 Å². The Balaban J connectivity index is 1.88. The number of fused-ring (bicyclic) bond motifs is 1. The second kappa shape index (κ2) is 6.78. The summed E-state index contributed by atoms with van der Waals surface area (Å²) in [5.41, 5.74) is 2.53. The number of ether oxygens (including phenoxy) is 2. The normalized spacial score (nSPS) is 10.8. The van der Waals surface area contributed by atoms with Crippen molar-refractivity contribution in [3.63, 3.8) is 0 Å².